The lowest BCUT2D eigenvalue weighted by atomic mass is 10.2. The average molecular weight is 300 g/mol. The van der Waals surface area contributed by atoms with Gasteiger partial charge in [-0.25, -0.2) is 0 Å². The number of methoxy groups -OCH3 is 1. The van der Waals surface area contributed by atoms with E-state index in [2.05, 4.69) is 4.98 Å². The SMILES string of the molecule is COc1ccc(CN2C(=O)CS[C@H]2c2cccnc2)cc1. The number of benzene rings is 1. The largest absolute Gasteiger partial charge is 0.497 e. The minimum absolute atomic E-state index is 0.0494. The van der Waals surface area contributed by atoms with E-state index in [0.717, 1.165) is 16.9 Å². The van der Waals surface area contributed by atoms with Crippen LogP contribution in [0.4, 0.5) is 0 Å². The molecule has 4 nitrogen and oxygen atoms in total. The van der Waals surface area contributed by atoms with Gasteiger partial charge < -0.3 is 9.64 Å². The number of hydrogen-bond donors (Lipinski definition) is 0. The number of thioether (sulfide) groups is 1. The summed E-state index contributed by atoms with van der Waals surface area (Å²) in [5.41, 5.74) is 2.17. The Bertz CT molecular complexity index is 616. The topological polar surface area (TPSA) is 42.4 Å². The first kappa shape index (κ1) is 13.9. The molecule has 0 radical (unpaired) electrons. The second-order valence-electron chi connectivity index (χ2n) is 4.82. The molecule has 1 aliphatic heterocycles. The van der Waals surface area contributed by atoms with Crippen molar-refractivity contribution >= 4 is 17.7 Å². The van der Waals surface area contributed by atoms with Crippen LogP contribution in [0.2, 0.25) is 0 Å². The second kappa shape index (κ2) is 6.18. The first-order chi connectivity index (χ1) is 10.3. The zero-order chi connectivity index (χ0) is 14.7. The summed E-state index contributed by atoms with van der Waals surface area (Å²) in [4.78, 5) is 18.2. The van der Waals surface area contributed by atoms with E-state index in [1.807, 2.05) is 47.5 Å². The van der Waals surface area contributed by atoms with Crippen LogP contribution in [0.3, 0.4) is 0 Å². The average Bonchev–Trinajstić information content (AvgIpc) is 2.90. The molecule has 1 fully saturated rings. The van der Waals surface area contributed by atoms with Crippen molar-refractivity contribution in [3.05, 3.63) is 59.9 Å². The van der Waals surface area contributed by atoms with E-state index in [4.69, 9.17) is 4.74 Å². The third-order valence-electron chi connectivity index (χ3n) is 3.45. The van der Waals surface area contributed by atoms with Crippen LogP contribution in [-0.2, 0) is 11.3 Å². The van der Waals surface area contributed by atoms with Crippen molar-refractivity contribution in [1.82, 2.24) is 9.88 Å². The summed E-state index contributed by atoms with van der Waals surface area (Å²) >= 11 is 1.65. The maximum atomic E-state index is 12.1. The first-order valence-electron chi connectivity index (χ1n) is 6.72. The normalized spacial score (nSPS) is 18.0. The number of pyridine rings is 1. The molecule has 0 saturated carbocycles. The fourth-order valence-corrected chi connectivity index (χ4v) is 3.52. The molecule has 0 unspecified atom stereocenters. The number of rotatable bonds is 4. The molecule has 0 N–H and O–H groups in total. The number of nitrogens with zero attached hydrogens (tertiary/aromatic N) is 2. The van der Waals surface area contributed by atoms with Gasteiger partial charge >= 0.3 is 0 Å². The molecule has 1 atom stereocenters. The van der Waals surface area contributed by atoms with Gasteiger partial charge in [-0.05, 0) is 23.8 Å². The van der Waals surface area contributed by atoms with Gasteiger partial charge in [0.25, 0.3) is 0 Å². The van der Waals surface area contributed by atoms with Gasteiger partial charge in [0, 0.05) is 24.5 Å². The van der Waals surface area contributed by atoms with Gasteiger partial charge in [-0.2, -0.15) is 0 Å². The molecule has 0 aliphatic carbocycles. The van der Waals surface area contributed by atoms with E-state index in [1.165, 1.54) is 0 Å². The standard InChI is InChI=1S/C16H16N2O2S/c1-20-14-6-4-12(5-7-14)10-18-15(19)11-21-16(18)13-3-2-8-17-9-13/h2-9,16H,10-11H2,1H3/t16-/m0/s1. The van der Waals surface area contributed by atoms with E-state index in [0.29, 0.717) is 12.3 Å². The number of amides is 1. The molecule has 1 amide bonds. The minimum Gasteiger partial charge on any atom is -0.497 e. The maximum Gasteiger partial charge on any atom is 0.234 e. The highest BCUT2D eigenvalue weighted by Gasteiger charge is 2.32. The van der Waals surface area contributed by atoms with Crippen LogP contribution in [-0.4, -0.2) is 28.7 Å². The second-order valence-corrected chi connectivity index (χ2v) is 5.89. The Hall–Kier alpha value is -2.01. The molecule has 2 aromatic rings. The Kier molecular flexibility index (Phi) is 4.10. The van der Waals surface area contributed by atoms with Crippen molar-refractivity contribution in [2.24, 2.45) is 0 Å². The van der Waals surface area contributed by atoms with Crippen molar-refractivity contribution in [1.29, 1.82) is 0 Å². The van der Waals surface area contributed by atoms with Crippen molar-refractivity contribution < 1.29 is 9.53 Å². The van der Waals surface area contributed by atoms with Crippen LogP contribution in [0.5, 0.6) is 5.75 Å². The quantitative estimate of drug-likeness (QED) is 0.871. The third-order valence-corrected chi connectivity index (χ3v) is 4.71. The van der Waals surface area contributed by atoms with E-state index < -0.39 is 0 Å². The zero-order valence-corrected chi connectivity index (χ0v) is 12.5. The van der Waals surface area contributed by atoms with Crippen LogP contribution >= 0.6 is 11.8 Å². The summed E-state index contributed by atoms with van der Waals surface area (Å²) in [7, 11) is 1.65. The van der Waals surface area contributed by atoms with Crippen LogP contribution in [0.1, 0.15) is 16.5 Å². The fourth-order valence-electron chi connectivity index (χ4n) is 2.35. The van der Waals surface area contributed by atoms with Gasteiger partial charge in [-0.1, -0.05) is 18.2 Å². The molecule has 21 heavy (non-hydrogen) atoms. The van der Waals surface area contributed by atoms with Gasteiger partial charge in [0.1, 0.15) is 11.1 Å². The molecule has 1 aromatic heterocycles. The molecule has 1 aromatic carbocycles. The smallest absolute Gasteiger partial charge is 0.234 e. The Balaban J connectivity index is 1.79. The molecular weight excluding hydrogens is 284 g/mol. The summed E-state index contributed by atoms with van der Waals surface area (Å²) < 4.78 is 5.16. The van der Waals surface area contributed by atoms with Gasteiger partial charge in [0.05, 0.1) is 12.9 Å². The van der Waals surface area contributed by atoms with Crippen molar-refractivity contribution in [3.63, 3.8) is 0 Å². The minimum atomic E-state index is 0.0494. The molecule has 0 spiro atoms. The van der Waals surface area contributed by atoms with Crippen molar-refractivity contribution in [3.8, 4) is 5.75 Å². The Morgan fingerprint density at radius 2 is 2.14 bits per heavy atom. The van der Waals surface area contributed by atoms with Crippen molar-refractivity contribution in [2.45, 2.75) is 11.9 Å². The van der Waals surface area contributed by atoms with Gasteiger partial charge in [0.2, 0.25) is 5.91 Å². The van der Waals surface area contributed by atoms with E-state index in [1.54, 1.807) is 25.1 Å². The van der Waals surface area contributed by atoms with Crippen LogP contribution < -0.4 is 4.74 Å². The number of ether oxygens (including phenoxy) is 1. The van der Waals surface area contributed by atoms with Crippen LogP contribution in [0.25, 0.3) is 0 Å². The molecule has 2 heterocycles. The highest BCUT2D eigenvalue weighted by molar-refractivity contribution is 8.00. The molecule has 3 rings (SSSR count). The number of aromatic nitrogens is 1. The summed E-state index contributed by atoms with van der Waals surface area (Å²) in [5.74, 6) is 1.52. The monoisotopic (exact) mass is 300 g/mol. The number of carbonyl (C=O) groups is 1. The van der Waals surface area contributed by atoms with Crippen LogP contribution in [0, 0.1) is 0 Å². The Morgan fingerprint density at radius 3 is 2.81 bits per heavy atom. The first-order valence-corrected chi connectivity index (χ1v) is 7.77. The van der Waals surface area contributed by atoms with Gasteiger partial charge in [0.15, 0.2) is 0 Å². The lowest BCUT2D eigenvalue weighted by Crippen LogP contribution is -2.27. The molecule has 0 bridgehead atoms. The molecule has 5 heteroatoms. The fraction of sp³-hybridized carbons (Fsp3) is 0.250. The third kappa shape index (κ3) is 3.03. The van der Waals surface area contributed by atoms with Crippen LogP contribution in [0.15, 0.2) is 48.8 Å². The van der Waals surface area contributed by atoms with Crippen molar-refractivity contribution in [2.75, 3.05) is 12.9 Å². The highest BCUT2D eigenvalue weighted by Crippen LogP contribution is 2.39. The molecule has 1 aliphatic rings. The zero-order valence-electron chi connectivity index (χ0n) is 11.7. The Labute approximate surface area is 128 Å². The molecule has 108 valence electrons. The summed E-state index contributed by atoms with van der Waals surface area (Å²) in [6.07, 6.45) is 3.58. The van der Waals surface area contributed by atoms with E-state index >= 15 is 0 Å². The lowest BCUT2D eigenvalue weighted by Gasteiger charge is -2.24. The van der Waals surface area contributed by atoms with E-state index in [9.17, 15) is 4.79 Å². The summed E-state index contributed by atoms with van der Waals surface area (Å²) in [6.45, 7) is 0.607. The van der Waals surface area contributed by atoms with Gasteiger partial charge in [-0.3, -0.25) is 9.78 Å². The summed E-state index contributed by atoms with van der Waals surface area (Å²) in [6, 6.07) is 11.8. The molecule has 1 saturated heterocycles. The Morgan fingerprint density at radius 1 is 1.33 bits per heavy atom. The summed E-state index contributed by atoms with van der Waals surface area (Å²) in [5, 5.41) is 0.0494. The predicted octanol–water partition coefficient (Wildman–Crippen LogP) is 2.86. The predicted molar refractivity (Wildman–Crippen MR) is 83.0 cm³/mol. The van der Waals surface area contributed by atoms with Gasteiger partial charge in [-0.15, -0.1) is 11.8 Å². The number of carbonyl (C=O) groups excluding carboxylic acids is 1. The highest BCUT2D eigenvalue weighted by atomic mass is 32.2. The number of hydrogen-bond acceptors (Lipinski definition) is 4. The lowest BCUT2D eigenvalue weighted by molar-refractivity contribution is -0.128. The van der Waals surface area contributed by atoms with E-state index in [-0.39, 0.29) is 11.3 Å². The molecular formula is C16H16N2O2S. The maximum absolute atomic E-state index is 12.1.